The van der Waals surface area contributed by atoms with Gasteiger partial charge in [0.15, 0.2) is 10.3 Å². The number of nitriles is 1. The van der Waals surface area contributed by atoms with Crippen LogP contribution in [0.2, 0.25) is 0 Å². The Morgan fingerprint density at radius 3 is 2.43 bits per heavy atom. The summed E-state index contributed by atoms with van der Waals surface area (Å²) in [6.45, 7) is 2.03. The number of morpholine rings is 1. The van der Waals surface area contributed by atoms with Crippen LogP contribution in [0.5, 0.6) is 0 Å². The number of benzene rings is 1. The van der Waals surface area contributed by atoms with Crippen molar-refractivity contribution in [3.8, 4) is 6.07 Å². The Labute approximate surface area is 179 Å². The number of ether oxygens (including phenoxy) is 1. The average Bonchev–Trinajstić information content (AvgIpc) is 2.72. The van der Waals surface area contributed by atoms with E-state index in [1.165, 1.54) is 12.1 Å². The maximum Gasteiger partial charge on any atom is 0.182 e. The lowest BCUT2D eigenvalue weighted by molar-refractivity contribution is -0.0820. The summed E-state index contributed by atoms with van der Waals surface area (Å²) in [5.74, 6) is 0.106. The minimum atomic E-state index is -0.224. The van der Waals surface area contributed by atoms with Crippen molar-refractivity contribution in [3.63, 3.8) is 0 Å². The van der Waals surface area contributed by atoms with Crippen molar-refractivity contribution in [3.05, 3.63) is 51.5 Å². The molecule has 2 N–H and O–H groups in total. The Bertz CT molecular complexity index is 1100. The van der Waals surface area contributed by atoms with Crippen molar-refractivity contribution in [2.24, 2.45) is 19.1 Å². The molecule has 0 spiro atoms. The first kappa shape index (κ1) is 20.7. The van der Waals surface area contributed by atoms with Gasteiger partial charge in [-0.3, -0.25) is 9.89 Å². The van der Waals surface area contributed by atoms with Crippen molar-refractivity contribution in [1.29, 1.82) is 5.26 Å². The molecule has 1 aromatic carbocycles. The molecule has 2 fully saturated rings. The molecule has 7 nitrogen and oxygen atoms in total. The minimum Gasteiger partial charge on any atom is -0.384 e. The third-order valence-corrected chi connectivity index (χ3v) is 6.62. The second-order valence-electron chi connectivity index (χ2n) is 7.99. The lowest BCUT2D eigenvalue weighted by Gasteiger charge is -2.47. The number of rotatable bonds is 3. The van der Waals surface area contributed by atoms with Gasteiger partial charge in [0.2, 0.25) is 0 Å². The molecule has 2 aliphatic rings. The molecular weight excluding hydrogens is 403 g/mol. The van der Waals surface area contributed by atoms with E-state index in [0.29, 0.717) is 34.9 Å². The maximum absolute atomic E-state index is 13.2. The van der Waals surface area contributed by atoms with Crippen molar-refractivity contribution in [1.82, 2.24) is 14.0 Å². The van der Waals surface area contributed by atoms with Crippen LogP contribution in [0.3, 0.4) is 0 Å². The van der Waals surface area contributed by atoms with E-state index in [9.17, 15) is 9.65 Å². The molecule has 4 rings (SSSR count). The fraction of sp³-hybridized carbons (Fsp3) is 0.476. The van der Waals surface area contributed by atoms with E-state index < -0.39 is 0 Å². The zero-order valence-corrected chi connectivity index (χ0v) is 17.9. The summed E-state index contributed by atoms with van der Waals surface area (Å²) < 4.78 is 22.9. The van der Waals surface area contributed by atoms with Gasteiger partial charge in [0, 0.05) is 32.7 Å². The van der Waals surface area contributed by atoms with Gasteiger partial charge < -0.3 is 19.6 Å². The van der Waals surface area contributed by atoms with Gasteiger partial charge in [-0.1, -0.05) is 12.1 Å². The maximum atomic E-state index is 13.2. The number of halogens is 1. The fourth-order valence-corrected chi connectivity index (χ4v) is 4.61. The molecule has 0 radical (unpaired) electrons. The Balaban J connectivity index is 1.63. The van der Waals surface area contributed by atoms with Gasteiger partial charge in [0.1, 0.15) is 23.3 Å². The molecule has 0 saturated carbocycles. The van der Waals surface area contributed by atoms with Gasteiger partial charge in [-0.15, -0.1) is 0 Å². The summed E-state index contributed by atoms with van der Waals surface area (Å²) >= 11 is 5.45. The topological polar surface area (TPSA) is 84.5 Å². The van der Waals surface area contributed by atoms with Crippen LogP contribution >= 0.6 is 12.2 Å². The Kier molecular flexibility index (Phi) is 5.73. The SMILES string of the molecule is Cn1c(N)c(C#N)c(=NC2CC3COCC(C2)N3Cc2ccc(F)cc2)n(C)c1=S. The van der Waals surface area contributed by atoms with Gasteiger partial charge in [-0.25, -0.2) is 4.39 Å². The number of fused-ring (bicyclic) bond motifs is 2. The summed E-state index contributed by atoms with van der Waals surface area (Å²) in [5.41, 5.74) is 8.10. The van der Waals surface area contributed by atoms with Crippen LogP contribution in [0.15, 0.2) is 29.3 Å². The molecule has 2 aliphatic heterocycles. The molecule has 30 heavy (non-hydrogen) atoms. The summed E-state index contributed by atoms with van der Waals surface area (Å²) in [6, 6.07) is 9.33. The van der Waals surface area contributed by atoms with E-state index in [-0.39, 0.29) is 23.9 Å². The molecule has 9 heteroatoms. The quantitative estimate of drug-likeness (QED) is 0.756. The number of nitrogens with two attached hydrogens (primary N) is 1. The van der Waals surface area contributed by atoms with E-state index in [1.54, 1.807) is 16.2 Å². The smallest absolute Gasteiger partial charge is 0.182 e. The first-order valence-electron chi connectivity index (χ1n) is 9.96. The number of nitrogens with zero attached hydrogens (tertiary/aromatic N) is 5. The van der Waals surface area contributed by atoms with E-state index in [0.717, 1.165) is 24.9 Å². The van der Waals surface area contributed by atoms with Crippen LogP contribution in [0.25, 0.3) is 0 Å². The van der Waals surface area contributed by atoms with Gasteiger partial charge in [-0.05, 0) is 42.8 Å². The molecule has 2 bridgehead atoms. The van der Waals surface area contributed by atoms with Gasteiger partial charge in [0.05, 0.1) is 19.3 Å². The molecule has 2 saturated heterocycles. The van der Waals surface area contributed by atoms with Crippen molar-refractivity contribution < 1.29 is 9.13 Å². The van der Waals surface area contributed by atoms with Crippen LogP contribution in [-0.4, -0.2) is 45.4 Å². The third-order valence-electron chi connectivity index (χ3n) is 6.07. The number of anilines is 1. The second kappa shape index (κ2) is 8.30. The van der Waals surface area contributed by atoms with Crippen molar-refractivity contribution >= 4 is 18.0 Å². The van der Waals surface area contributed by atoms with E-state index in [4.69, 9.17) is 27.7 Å². The van der Waals surface area contributed by atoms with Gasteiger partial charge in [-0.2, -0.15) is 5.26 Å². The summed E-state index contributed by atoms with van der Waals surface area (Å²) in [6.07, 6.45) is 1.63. The van der Waals surface area contributed by atoms with Crippen LogP contribution in [0.4, 0.5) is 10.2 Å². The van der Waals surface area contributed by atoms with Gasteiger partial charge >= 0.3 is 0 Å². The highest BCUT2D eigenvalue weighted by Gasteiger charge is 2.39. The minimum absolute atomic E-state index is 0.0492. The fourth-order valence-electron chi connectivity index (χ4n) is 4.43. The number of hydrogen-bond acceptors (Lipinski definition) is 6. The molecule has 2 aromatic rings. The molecule has 1 aromatic heterocycles. The molecule has 0 amide bonds. The third kappa shape index (κ3) is 3.78. The summed E-state index contributed by atoms with van der Waals surface area (Å²) in [5, 5.41) is 9.65. The summed E-state index contributed by atoms with van der Waals surface area (Å²) in [7, 11) is 3.56. The predicted octanol–water partition coefficient (Wildman–Crippen LogP) is 2.02. The van der Waals surface area contributed by atoms with Crippen molar-refractivity contribution in [2.75, 3.05) is 18.9 Å². The number of aromatic nitrogens is 2. The number of piperidine rings is 1. The van der Waals surface area contributed by atoms with Crippen LogP contribution < -0.4 is 11.2 Å². The highest BCUT2D eigenvalue weighted by atomic mass is 32.1. The van der Waals surface area contributed by atoms with Crippen molar-refractivity contribution in [2.45, 2.75) is 37.5 Å². The van der Waals surface area contributed by atoms with Crippen LogP contribution in [0.1, 0.15) is 24.0 Å². The lowest BCUT2D eigenvalue weighted by Crippen LogP contribution is -2.57. The number of nitrogen functional groups attached to an aromatic ring is 1. The molecule has 2 atom stereocenters. The van der Waals surface area contributed by atoms with E-state index in [2.05, 4.69) is 11.0 Å². The summed E-state index contributed by atoms with van der Waals surface area (Å²) in [4.78, 5) is 7.37. The first-order valence-corrected chi connectivity index (χ1v) is 10.4. The average molecular weight is 429 g/mol. The zero-order chi connectivity index (χ0) is 21.4. The molecule has 2 unspecified atom stereocenters. The molecular formula is C21H25FN6OS. The Morgan fingerprint density at radius 2 is 1.83 bits per heavy atom. The Morgan fingerprint density at radius 1 is 1.20 bits per heavy atom. The highest BCUT2D eigenvalue weighted by molar-refractivity contribution is 7.71. The normalized spacial score (nSPS) is 24.6. The van der Waals surface area contributed by atoms with E-state index >= 15 is 0 Å². The largest absolute Gasteiger partial charge is 0.384 e. The molecule has 158 valence electrons. The Hall–Kier alpha value is -2.54. The van der Waals surface area contributed by atoms with Crippen LogP contribution in [0, 0.1) is 21.9 Å². The standard InChI is InChI=1S/C21H25FN6OS/c1-26-19(24)18(9-23)20(27(2)21(26)30)25-15-7-16-11-29-12-17(8-15)28(16)10-13-3-5-14(22)6-4-13/h3-6,15-17H,7-8,10-12,24H2,1-2H3. The zero-order valence-electron chi connectivity index (χ0n) is 17.1. The van der Waals surface area contributed by atoms with Crippen LogP contribution in [-0.2, 0) is 25.4 Å². The second-order valence-corrected chi connectivity index (χ2v) is 8.36. The number of hydrogen-bond donors (Lipinski definition) is 1. The lowest BCUT2D eigenvalue weighted by atomic mass is 9.90. The van der Waals surface area contributed by atoms with Gasteiger partial charge in [0.25, 0.3) is 0 Å². The van der Waals surface area contributed by atoms with E-state index in [1.807, 2.05) is 19.2 Å². The first-order chi connectivity index (χ1) is 14.4. The highest BCUT2D eigenvalue weighted by Crippen LogP contribution is 2.31. The predicted molar refractivity (Wildman–Crippen MR) is 113 cm³/mol. The molecule has 0 aliphatic carbocycles. The monoisotopic (exact) mass is 428 g/mol. The molecule has 3 heterocycles.